The number of hydrogen-bond donors (Lipinski definition) is 3. The number of nitrogens with zero attached hydrogens (tertiary/aromatic N) is 2. The minimum Gasteiger partial charge on any atom is -0.577 e. The number of halogens is 1. The molecule has 0 saturated carbocycles. The molecule has 2 rings (SSSR count). The molecule has 51 heavy (non-hydrogen) atoms. The van der Waals surface area contributed by atoms with Crippen molar-refractivity contribution in [1.29, 1.82) is 0 Å². The number of aliphatic hydroxyl groups is 1. The number of non-ortho nitro benzene ring substituents is 2. The first kappa shape index (κ1) is 52.2. The predicted molar refractivity (Wildman–Crippen MR) is 185 cm³/mol. The molecule has 0 aromatic heterocycles. The molecule has 0 heterocycles. The molecule has 0 fully saturated rings. The summed E-state index contributed by atoms with van der Waals surface area (Å²) in [6.45, 7) is 11.5. The van der Waals surface area contributed by atoms with Gasteiger partial charge < -0.3 is 49.3 Å². The number of carbonyl (C=O) groups excluding carboxylic acids is 4. The Morgan fingerprint density at radius 1 is 0.725 bits per heavy atom. The van der Waals surface area contributed by atoms with Crippen LogP contribution in [0.4, 0.5) is 30.6 Å². The van der Waals surface area contributed by atoms with Crippen LogP contribution in [0, 0.1) is 20.2 Å². The van der Waals surface area contributed by atoms with Gasteiger partial charge in [-0.3, -0.25) is 20.2 Å². The van der Waals surface area contributed by atoms with Crippen LogP contribution < -0.4 is 71.5 Å². The number of rotatable bonds is 11. The van der Waals surface area contributed by atoms with Gasteiger partial charge in [0.05, 0.1) is 16.5 Å². The van der Waals surface area contributed by atoms with Crippen LogP contribution in [0.25, 0.3) is 0 Å². The fourth-order valence-electron chi connectivity index (χ4n) is 2.81. The molecule has 280 valence electrons. The van der Waals surface area contributed by atoms with Crippen molar-refractivity contribution in [2.45, 2.75) is 65.6 Å². The molecule has 0 aliphatic carbocycles. The summed E-state index contributed by atoms with van der Waals surface area (Å²) >= 11 is 4.92. The van der Waals surface area contributed by atoms with E-state index in [2.05, 4.69) is 15.4 Å². The van der Waals surface area contributed by atoms with Gasteiger partial charge in [-0.15, -0.1) is 0 Å². The van der Waals surface area contributed by atoms with Crippen molar-refractivity contribution in [3.63, 3.8) is 0 Å². The van der Waals surface area contributed by atoms with E-state index in [1.807, 2.05) is 0 Å². The van der Waals surface area contributed by atoms with Crippen molar-refractivity contribution in [3.8, 4) is 11.5 Å². The van der Waals surface area contributed by atoms with E-state index in [-0.39, 0.29) is 104 Å². The Kier molecular flexibility index (Phi) is 28.1. The first-order chi connectivity index (χ1) is 22.7. The SMILES string of the molecule is CC(C)(C)OC(=O)NCCCO.CC(C)(C)OC(=O)NCCCOC(=O)Oc1ccc([N+](=O)[O-])cc1.O=C(Cl)Oc1ccc([N+](=O)[O-])cc1.[K+].[PH2-]. The third-order valence-electron chi connectivity index (χ3n) is 4.71. The second-order valence-corrected chi connectivity index (χ2v) is 11.6. The van der Waals surface area contributed by atoms with E-state index in [1.54, 1.807) is 41.5 Å². The van der Waals surface area contributed by atoms with E-state index < -0.39 is 44.8 Å². The van der Waals surface area contributed by atoms with Gasteiger partial charge in [-0.25, -0.2) is 19.2 Å². The Balaban J connectivity index is -0.000000726. The van der Waals surface area contributed by atoms with E-state index in [9.17, 15) is 39.4 Å². The predicted octanol–water partition coefficient (Wildman–Crippen LogP) is 3.58. The number of nitro groups is 2. The number of hydrogen-bond acceptors (Lipinski definition) is 14. The monoisotopic (exact) mass is 788 g/mol. The summed E-state index contributed by atoms with van der Waals surface area (Å²) in [6, 6.07) is 10.0. The fraction of sp³-hybridized carbons (Fsp3) is 0.467. The van der Waals surface area contributed by atoms with Gasteiger partial charge in [-0.2, -0.15) is 0 Å². The zero-order valence-electron chi connectivity index (χ0n) is 29.5. The van der Waals surface area contributed by atoms with Crippen molar-refractivity contribution in [2.75, 3.05) is 26.3 Å². The number of carbonyl (C=O) groups is 4. The number of aliphatic hydroxyl groups excluding tert-OH is 1. The summed E-state index contributed by atoms with van der Waals surface area (Å²) in [5, 5.41) is 34.2. The summed E-state index contributed by atoms with van der Waals surface area (Å²) in [5.41, 5.74) is -2.19. The van der Waals surface area contributed by atoms with Crippen molar-refractivity contribution >= 4 is 56.6 Å². The third kappa shape index (κ3) is 30.2. The fourth-order valence-corrected chi connectivity index (χ4v) is 2.90. The quantitative estimate of drug-likeness (QED) is 0.0339. The molecule has 0 saturated heterocycles. The maximum Gasteiger partial charge on any atom is 1.00 e. The van der Waals surface area contributed by atoms with Crippen molar-refractivity contribution in [3.05, 3.63) is 68.8 Å². The zero-order chi connectivity index (χ0) is 37.6. The largest absolute Gasteiger partial charge is 1.00 e. The number of nitrogens with one attached hydrogen (secondary N) is 2. The van der Waals surface area contributed by atoms with Crippen LogP contribution in [0.1, 0.15) is 54.4 Å². The topological polar surface area (TPSA) is 245 Å². The van der Waals surface area contributed by atoms with E-state index in [0.29, 0.717) is 19.4 Å². The molecule has 21 heteroatoms. The maximum absolute atomic E-state index is 11.4. The average Bonchev–Trinajstić information content (AvgIpc) is 2.96. The van der Waals surface area contributed by atoms with E-state index in [4.69, 9.17) is 35.7 Å². The summed E-state index contributed by atoms with van der Waals surface area (Å²) in [4.78, 5) is 63.5. The van der Waals surface area contributed by atoms with Gasteiger partial charge in [-0.1, -0.05) is 0 Å². The molecule has 3 N–H and O–H groups in total. The molecule has 0 spiro atoms. The summed E-state index contributed by atoms with van der Waals surface area (Å²) in [5.74, 6) is 0.308. The van der Waals surface area contributed by atoms with Crippen LogP contribution in [0.2, 0.25) is 0 Å². The van der Waals surface area contributed by atoms with Crippen LogP contribution in [-0.2, 0) is 14.2 Å². The van der Waals surface area contributed by atoms with Gasteiger partial charge in [0.2, 0.25) is 0 Å². The van der Waals surface area contributed by atoms with Gasteiger partial charge in [0, 0.05) is 55.6 Å². The normalized spacial score (nSPS) is 9.96. The first-order valence-electron chi connectivity index (χ1n) is 14.5. The molecule has 0 aliphatic rings. The minimum absolute atomic E-state index is 0. The Hall–Kier alpha value is -3.16. The van der Waals surface area contributed by atoms with Crippen LogP contribution in [0.15, 0.2) is 48.5 Å². The van der Waals surface area contributed by atoms with Crippen molar-refractivity contribution in [2.24, 2.45) is 0 Å². The second-order valence-electron chi connectivity index (χ2n) is 11.3. The van der Waals surface area contributed by atoms with E-state index in [1.165, 1.54) is 48.5 Å². The van der Waals surface area contributed by atoms with Gasteiger partial charge in [-0.05, 0) is 78.6 Å². The van der Waals surface area contributed by atoms with E-state index in [0.717, 1.165) is 0 Å². The van der Waals surface area contributed by atoms with E-state index >= 15 is 0 Å². The number of benzene rings is 2. The van der Waals surface area contributed by atoms with Gasteiger partial charge in [0.15, 0.2) is 0 Å². The van der Waals surface area contributed by atoms with Gasteiger partial charge in [0.25, 0.3) is 11.4 Å². The minimum atomic E-state index is -0.978. The summed E-state index contributed by atoms with van der Waals surface area (Å²) in [6.07, 6.45) is -0.971. The molecule has 0 unspecified atom stereocenters. The number of ether oxygens (including phenoxy) is 5. The van der Waals surface area contributed by atoms with Crippen molar-refractivity contribution in [1.82, 2.24) is 10.6 Å². The summed E-state index contributed by atoms with van der Waals surface area (Å²) < 4.78 is 24.1. The Morgan fingerprint density at radius 2 is 1.10 bits per heavy atom. The molecule has 2 aromatic carbocycles. The molecular formula is C30H43ClKN4O14P. The molecule has 2 amide bonds. The molecule has 18 nitrogen and oxygen atoms in total. The standard InChI is InChI=1S/C15H20N2O7.C8H17NO3.C7H4ClNO4.K.H2P/c1-15(2,3)24-13(18)16-9-4-10-22-14(19)23-12-7-5-11(6-8-12)17(20)21;1-8(2,3)12-7(11)9-5-4-6-10;8-7(10)13-6-3-1-5(2-4-6)9(11)12;;/h5-8H,4,9-10H2,1-3H3,(H,16,18);10H,4-6H2,1-3H3,(H,9,11);1-4H;;1H2/q;;;+1;-1. The number of alkyl carbamates (subject to hydrolysis) is 2. The third-order valence-corrected chi connectivity index (χ3v) is 4.78. The Morgan fingerprint density at radius 3 is 1.43 bits per heavy atom. The number of nitro benzene ring substituents is 2. The van der Waals surface area contributed by atoms with Crippen LogP contribution in [-0.4, -0.2) is 76.2 Å². The number of amides is 2. The maximum atomic E-state index is 11.4. The molecule has 0 atom stereocenters. The molecule has 2 aromatic rings. The molecule has 0 bridgehead atoms. The van der Waals surface area contributed by atoms with Gasteiger partial charge in [0.1, 0.15) is 22.7 Å². The Labute approximate surface area is 345 Å². The second kappa shape index (κ2) is 27.5. The van der Waals surface area contributed by atoms with Gasteiger partial charge >= 0.3 is 75.2 Å². The average molecular weight is 789 g/mol. The molecular weight excluding hydrogens is 746 g/mol. The van der Waals surface area contributed by atoms with Crippen molar-refractivity contribution < 1.29 is 109 Å². The van der Waals surface area contributed by atoms with Crippen LogP contribution in [0.5, 0.6) is 11.5 Å². The zero-order valence-corrected chi connectivity index (χ0v) is 34.5. The van der Waals surface area contributed by atoms with Crippen LogP contribution in [0.3, 0.4) is 0 Å². The first-order valence-corrected chi connectivity index (χ1v) is 14.9. The smallest absolute Gasteiger partial charge is 0.577 e. The molecule has 0 radical (unpaired) electrons. The Bertz CT molecular complexity index is 1370. The molecule has 0 aliphatic heterocycles. The summed E-state index contributed by atoms with van der Waals surface area (Å²) in [7, 11) is 0. The van der Waals surface area contributed by atoms with Crippen LogP contribution >= 0.6 is 21.5 Å².